The van der Waals surface area contributed by atoms with E-state index in [1.807, 2.05) is 36.4 Å². The van der Waals surface area contributed by atoms with Gasteiger partial charge >= 0.3 is 6.09 Å². The highest BCUT2D eigenvalue weighted by molar-refractivity contribution is 6.08. The molecule has 2 amide bonds. The summed E-state index contributed by atoms with van der Waals surface area (Å²) in [6, 6.07) is 11.5. The maximum atomic E-state index is 12.9. The molecule has 2 N–H and O–H groups in total. The number of rotatable bonds is 6. The van der Waals surface area contributed by atoms with Crippen LogP contribution in [-0.4, -0.2) is 29.7 Å². The number of amides is 2. The lowest BCUT2D eigenvalue weighted by molar-refractivity contribution is -0.119. The number of alkyl carbamates (subject to hydrolysis) is 1. The predicted octanol–water partition coefficient (Wildman–Crippen LogP) is 4.87. The van der Waals surface area contributed by atoms with Gasteiger partial charge in [0.15, 0.2) is 0 Å². The highest BCUT2D eigenvalue weighted by Crippen LogP contribution is 2.38. The summed E-state index contributed by atoms with van der Waals surface area (Å²) in [5, 5.41) is 7.56. The third kappa shape index (κ3) is 5.19. The van der Waals surface area contributed by atoms with Gasteiger partial charge in [0.2, 0.25) is 5.91 Å². The lowest BCUT2D eigenvalue weighted by atomic mass is 10.1. The zero-order valence-corrected chi connectivity index (χ0v) is 17.8. The average Bonchev–Trinajstić information content (AvgIpc) is 3.39. The van der Waals surface area contributed by atoms with Gasteiger partial charge in [0.05, 0.1) is 6.61 Å². The molecule has 1 fully saturated rings. The molecule has 3 rings (SSSR count). The Hall–Kier alpha value is -2.76. The molecule has 0 aromatic heterocycles. The average molecular weight is 399 g/mol. The largest absolute Gasteiger partial charge is 0.493 e. The third-order valence-electron chi connectivity index (χ3n) is 4.63. The van der Waals surface area contributed by atoms with Gasteiger partial charge in [0, 0.05) is 16.5 Å². The van der Waals surface area contributed by atoms with E-state index in [1.165, 1.54) is 0 Å². The third-order valence-corrected chi connectivity index (χ3v) is 4.63. The summed E-state index contributed by atoms with van der Waals surface area (Å²) in [7, 11) is 0. The number of carbonyl (C=O) groups is 2. The molecule has 0 unspecified atom stereocenters. The summed E-state index contributed by atoms with van der Waals surface area (Å²) in [6.07, 6.45) is 0.601. The van der Waals surface area contributed by atoms with E-state index in [4.69, 9.17) is 9.47 Å². The van der Waals surface area contributed by atoms with Gasteiger partial charge < -0.3 is 20.1 Å². The minimum atomic E-state index is -0.906. The Labute approximate surface area is 172 Å². The second-order valence-corrected chi connectivity index (χ2v) is 9.02. The van der Waals surface area contributed by atoms with Crippen LogP contribution >= 0.6 is 0 Å². The number of ether oxygens (including phenoxy) is 2. The SMILES string of the molecule is CC(C)COc1ccc(NC(=O)C2(NC(=O)OC(C)(C)C)CC2)c2ccccc12. The van der Waals surface area contributed by atoms with Gasteiger partial charge in [0.25, 0.3) is 0 Å². The van der Waals surface area contributed by atoms with Crippen LogP contribution < -0.4 is 15.4 Å². The van der Waals surface area contributed by atoms with E-state index < -0.39 is 17.2 Å². The first-order valence-corrected chi connectivity index (χ1v) is 10.1. The molecule has 0 spiro atoms. The topological polar surface area (TPSA) is 76.7 Å². The Kier molecular flexibility index (Phi) is 5.73. The first kappa shape index (κ1) is 21.0. The standard InChI is InChI=1S/C23H30N2O4/c1-15(2)14-28-19-11-10-18(16-8-6-7-9-17(16)19)24-20(26)23(12-13-23)25-21(27)29-22(3,4)5/h6-11,15H,12-14H2,1-5H3,(H,24,26)(H,25,27). The Morgan fingerprint density at radius 1 is 1.07 bits per heavy atom. The molecule has 0 saturated heterocycles. The first-order chi connectivity index (χ1) is 13.6. The van der Waals surface area contributed by atoms with Crippen LogP contribution in [0, 0.1) is 5.92 Å². The predicted molar refractivity (Wildman–Crippen MR) is 114 cm³/mol. The van der Waals surface area contributed by atoms with Crippen molar-refractivity contribution in [2.45, 2.75) is 58.6 Å². The van der Waals surface area contributed by atoms with Crippen molar-refractivity contribution in [2.24, 2.45) is 5.92 Å². The molecule has 156 valence electrons. The van der Waals surface area contributed by atoms with Crippen molar-refractivity contribution < 1.29 is 19.1 Å². The Morgan fingerprint density at radius 3 is 2.31 bits per heavy atom. The van der Waals surface area contributed by atoms with Gasteiger partial charge in [-0.25, -0.2) is 4.79 Å². The first-order valence-electron chi connectivity index (χ1n) is 10.1. The van der Waals surface area contributed by atoms with E-state index in [0.717, 1.165) is 16.5 Å². The molecule has 0 atom stereocenters. The van der Waals surface area contributed by atoms with E-state index in [9.17, 15) is 9.59 Å². The number of nitrogens with one attached hydrogen (secondary N) is 2. The van der Waals surface area contributed by atoms with Crippen LogP contribution in [0.5, 0.6) is 5.75 Å². The summed E-state index contributed by atoms with van der Waals surface area (Å²) in [4.78, 5) is 25.1. The minimum Gasteiger partial charge on any atom is -0.493 e. The fourth-order valence-electron chi connectivity index (χ4n) is 3.04. The quantitative estimate of drug-likeness (QED) is 0.728. The molecular weight excluding hydrogens is 368 g/mol. The maximum absolute atomic E-state index is 12.9. The number of hydrogen-bond donors (Lipinski definition) is 2. The molecule has 1 aliphatic rings. The van der Waals surface area contributed by atoms with Gasteiger partial charge in [-0.3, -0.25) is 4.79 Å². The molecule has 1 saturated carbocycles. The van der Waals surface area contributed by atoms with Crippen LogP contribution in [0.2, 0.25) is 0 Å². The summed E-state index contributed by atoms with van der Waals surface area (Å²) in [6.45, 7) is 10.2. The Bertz CT molecular complexity index is 911. The summed E-state index contributed by atoms with van der Waals surface area (Å²) < 4.78 is 11.2. The smallest absolute Gasteiger partial charge is 0.408 e. The molecule has 0 bridgehead atoms. The van der Waals surface area contributed by atoms with Crippen LogP contribution in [0.15, 0.2) is 36.4 Å². The number of benzene rings is 2. The number of anilines is 1. The van der Waals surface area contributed by atoms with Crippen LogP contribution in [0.25, 0.3) is 10.8 Å². The Balaban J connectivity index is 1.77. The molecule has 0 radical (unpaired) electrons. The van der Waals surface area contributed by atoms with Gasteiger partial charge in [-0.05, 0) is 51.7 Å². The van der Waals surface area contributed by atoms with Crippen molar-refractivity contribution in [1.82, 2.24) is 5.32 Å². The fourth-order valence-corrected chi connectivity index (χ4v) is 3.04. The summed E-state index contributed by atoms with van der Waals surface area (Å²) >= 11 is 0. The highest BCUT2D eigenvalue weighted by atomic mass is 16.6. The van der Waals surface area contributed by atoms with Crippen molar-refractivity contribution in [3.63, 3.8) is 0 Å². The van der Waals surface area contributed by atoms with Gasteiger partial charge in [-0.2, -0.15) is 0 Å². The van der Waals surface area contributed by atoms with Crippen LogP contribution in [0.4, 0.5) is 10.5 Å². The monoisotopic (exact) mass is 398 g/mol. The molecule has 0 aliphatic heterocycles. The molecule has 0 heterocycles. The second kappa shape index (κ2) is 7.93. The zero-order valence-electron chi connectivity index (χ0n) is 17.8. The normalized spacial score (nSPS) is 15.1. The number of hydrogen-bond acceptors (Lipinski definition) is 4. The van der Waals surface area contributed by atoms with Crippen molar-refractivity contribution in [1.29, 1.82) is 0 Å². The van der Waals surface area contributed by atoms with Crippen molar-refractivity contribution >= 4 is 28.5 Å². The maximum Gasteiger partial charge on any atom is 0.408 e. The number of fused-ring (bicyclic) bond motifs is 1. The van der Waals surface area contributed by atoms with E-state index in [2.05, 4.69) is 24.5 Å². The van der Waals surface area contributed by atoms with E-state index >= 15 is 0 Å². The van der Waals surface area contributed by atoms with Crippen molar-refractivity contribution in [3.8, 4) is 5.75 Å². The van der Waals surface area contributed by atoms with E-state index in [0.29, 0.717) is 31.1 Å². The zero-order chi connectivity index (χ0) is 21.2. The van der Waals surface area contributed by atoms with Crippen LogP contribution in [-0.2, 0) is 9.53 Å². The van der Waals surface area contributed by atoms with E-state index in [-0.39, 0.29) is 5.91 Å². The van der Waals surface area contributed by atoms with Gasteiger partial charge in [0.1, 0.15) is 16.9 Å². The molecule has 2 aromatic rings. The Morgan fingerprint density at radius 2 is 1.72 bits per heavy atom. The summed E-state index contributed by atoms with van der Waals surface area (Å²) in [5.41, 5.74) is -0.825. The van der Waals surface area contributed by atoms with Gasteiger partial charge in [-0.15, -0.1) is 0 Å². The highest BCUT2D eigenvalue weighted by Gasteiger charge is 2.52. The molecule has 1 aliphatic carbocycles. The second-order valence-electron chi connectivity index (χ2n) is 9.02. The lowest BCUT2D eigenvalue weighted by Gasteiger charge is -2.23. The van der Waals surface area contributed by atoms with Gasteiger partial charge in [-0.1, -0.05) is 38.1 Å². The number of carbonyl (C=O) groups excluding carboxylic acids is 2. The van der Waals surface area contributed by atoms with Crippen LogP contribution in [0.3, 0.4) is 0 Å². The molecule has 6 heteroatoms. The van der Waals surface area contributed by atoms with Crippen LogP contribution in [0.1, 0.15) is 47.5 Å². The minimum absolute atomic E-state index is 0.232. The molecular formula is C23H30N2O4. The summed E-state index contributed by atoms with van der Waals surface area (Å²) in [5.74, 6) is 0.978. The molecule has 29 heavy (non-hydrogen) atoms. The van der Waals surface area contributed by atoms with E-state index in [1.54, 1.807) is 20.8 Å². The molecule has 2 aromatic carbocycles. The fraction of sp³-hybridized carbons (Fsp3) is 0.478. The van der Waals surface area contributed by atoms with Crippen molar-refractivity contribution in [2.75, 3.05) is 11.9 Å². The van der Waals surface area contributed by atoms with Crippen molar-refractivity contribution in [3.05, 3.63) is 36.4 Å². The molecule has 6 nitrogen and oxygen atoms in total. The lowest BCUT2D eigenvalue weighted by Crippen LogP contribution is -2.47.